The second kappa shape index (κ2) is 20.3. The third-order valence-electron chi connectivity index (χ3n) is 12.4. The van der Waals surface area contributed by atoms with E-state index in [0.717, 1.165) is 47.1 Å². The standard InChI is InChI=1S/C51H63N5O5/c1-34(2)30-38-32-44(57)43(31-37-24-22-36(5)23-25-37)55-50(28-15-29-50)33-52-48(60)42(53-49(61)46(35(3)4)54-47(38)59)26-27-45(58)56-51(39-16-9-6-10-17-39,40-18-11-7-12-19-40)41-20-13-8-14-21-41/h6-14,16-25,34-35,38,42-43,46,55H,15,26-33H2,1-5H3,(H,52,60)(H,53,61)(H,54,59)(H,56,58)/t38-,42+,43+,46+/m1/s1. The van der Waals surface area contributed by atoms with Crippen molar-refractivity contribution in [1.29, 1.82) is 0 Å². The Labute approximate surface area is 361 Å². The summed E-state index contributed by atoms with van der Waals surface area (Å²) in [7, 11) is 0. The molecule has 1 aliphatic heterocycles. The van der Waals surface area contributed by atoms with Gasteiger partial charge in [0, 0.05) is 30.8 Å². The van der Waals surface area contributed by atoms with E-state index < -0.39 is 46.9 Å². The van der Waals surface area contributed by atoms with Crippen LogP contribution in [0.15, 0.2) is 115 Å². The molecule has 10 nitrogen and oxygen atoms in total. The molecular formula is C51H63N5O5. The molecule has 61 heavy (non-hydrogen) atoms. The van der Waals surface area contributed by atoms with Gasteiger partial charge in [-0.15, -0.1) is 0 Å². The number of aryl methyl sites for hydroxylation is 1. The van der Waals surface area contributed by atoms with Crippen LogP contribution in [0.3, 0.4) is 0 Å². The van der Waals surface area contributed by atoms with Gasteiger partial charge in [-0.3, -0.25) is 29.3 Å². The van der Waals surface area contributed by atoms with E-state index in [-0.39, 0.29) is 55.2 Å². The van der Waals surface area contributed by atoms with E-state index in [1.807, 2.05) is 150 Å². The van der Waals surface area contributed by atoms with E-state index in [0.29, 0.717) is 12.8 Å². The van der Waals surface area contributed by atoms with Crippen molar-refractivity contribution >= 4 is 29.4 Å². The maximum Gasteiger partial charge on any atom is 0.243 e. The lowest BCUT2D eigenvalue weighted by Crippen LogP contribution is -2.64. The highest BCUT2D eigenvalue weighted by Crippen LogP contribution is 2.37. The largest absolute Gasteiger partial charge is 0.352 e. The molecular weight excluding hydrogens is 763 g/mol. The fourth-order valence-corrected chi connectivity index (χ4v) is 8.83. The normalized spacial score (nSPS) is 21.4. The SMILES string of the molecule is Cc1ccc(C[C@@H]2NC3(CCC3)CNC(=O)[C@H](CCC(=O)NC(c3ccccc3)(c3ccccc3)c3ccccc3)NC(=O)[C@H](C(C)C)NC(=O)[C@H](CC(C)C)CC2=O)cc1. The van der Waals surface area contributed by atoms with E-state index in [2.05, 4.69) is 26.6 Å². The van der Waals surface area contributed by atoms with Crippen molar-refractivity contribution in [1.82, 2.24) is 26.6 Å². The first-order valence-electron chi connectivity index (χ1n) is 22.0. The molecule has 0 unspecified atom stereocenters. The van der Waals surface area contributed by atoms with Gasteiger partial charge in [0.1, 0.15) is 17.6 Å². The molecule has 0 bridgehead atoms. The Morgan fingerprint density at radius 1 is 0.721 bits per heavy atom. The maximum absolute atomic E-state index is 14.4. The van der Waals surface area contributed by atoms with E-state index in [1.165, 1.54) is 0 Å². The Morgan fingerprint density at radius 3 is 1.77 bits per heavy atom. The summed E-state index contributed by atoms with van der Waals surface area (Å²) in [5.74, 6) is -2.55. The first-order chi connectivity index (χ1) is 29.3. The first-order valence-corrected chi connectivity index (χ1v) is 22.0. The molecule has 2 aliphatic rings. The molecule has 2 fully saturated rings. The molecule has 0 aromatic heterocycles. The van der Waals surface area contributed by atoms with Crippen LogP contribution in [0.25, 0.3) is 0 Å². The van der Waals surface area contributed by atoms with Crippen molar-refractivity contribution in [3.63, 3.8) is 0 Å². The number of Topliss-reactive ketones (excluding diaryl/α,β-unsaturated/α-hetero) is 1. The van der Waals surface area contributed by atoms with Gasteiger partial charge in [-0.2, -0.15) is 0 Å². The van der Waals surface area contributed by atoms with E-state index >= 15 is 0 Å². The lowest BCUT2D eigenvalue weighted by atomic mass is 9.75. The molecule has 4 atom stereocenters. The number of carbonyl (C=O) groups is 5. The van der Waals surface area contributed by atoms with Gasteiger partial charge in [-0.1, -0.05) is 149 Å². The minimum absolute atomic E-state index is 0.00154. The zero-order chi connectivity index (χ0) is 43.6. The first kappa shape index (κ1) is 44.9. The summed E-state index contributed by atoms with van der Waals surface area (Å²) in [4.78, 5) is 71.4. The Kier molecular flexibility index (Phi) is 15.0. The lowest BCUT2D eigenvalue weighted by Gasteiger charge is -2.45. The van der Waals surface area contributed by atoms with Crippen LogP contribution in [0.4, 0.5) is 0 Å². The highest BCUT2D eigenvalue weighted by atomic mass is 16.2. The van der Waals surface area contributed by atoms with Crippen LogP contribution in [-0.2, 0) is 35.9 Å². The molecule has 5 N–H and O–H groups in total. The fourth-order valence-electron chi connectivity index (χ4n) is 8.83. The second-order valence-electron chi connectivity index (χ2n) is 18.0. The zero-order valence-electron chi connectivity index (χ0n) is 36.3. The van der Waals surface area contributed by atoms with Crippen molar-refractivity contribution in [3.8, 4) is 0 Å². The van der Waals surface area contributed by atoms with Gasteiger partial charge in [0.05, 0.1) is 6.04 Å². The number of ketones is 1. The van der Waals surface area contributed by atoms with Crippen molar-refractivity contribution in [2.24, 2.45) is 17.8 Å². The predicted molar refractivity (Wildman–Crippen MR) is 239 cm³/mol. The molecule has 4 amide bonds. The van der Waals surface area contributed by atoms with Crippen LogP contribution in [0.2, 0.25) is 0 Å². The number of amides is 4. The number of carbonyl (C=O) groups excluding carboxylic acids is 5. The number of rotatable bonds is 12. The number of benzene rings is 4. The average Bonchev–Trinajstić information content (AvgIpc) is 3.24. The zero-order valence-corrected chi connectivity index (χ0v) is 36.3. The van der Waals surface area contributed by atoms with Gasteiger partial charge in [0.15, 0.2) is 5.78 Å². The Bertz CT molecular complexity index is 2000. The summed E-state index contributed by atoms with van der Waals surface area (Å²) in [6.07, 6.45) is 3.27. The molecule has 6 rings (SSSR count). The van der Waals surface area contributed by atoms with E-state index in [4.69, 9.17) is 0 Å². The molecule has 0 radical (unpaired) electrons. The average molecular weight is 826 g/mol. The minimum atomic E-state index is -1.09. The third-order valence-corrected chi connectivity index (χ3v) is 12.4. The van der Waals surface area contributed by atoms with Crippen LogP contribution in [0.5, 0.6) is 0 Å². The van der Waals surface area contributed by atoms with Crippen molar-refractivity contribution in [3.05, 3.63) is 143 Å². The van der Waals surface area contributed by atoms with Gasteiger partial charge < -0.3 is 21.3 Å². The summed E-state index contributed by atoms with van der Waals surface area (Å²) in [6, 6.07) is 34.9. The van der Waals surface area contributed by atoms with Crippen molar-refractivity contribution in [2.75, 3.05) is 6.54 Å². The second-order valence-corrected chi connectivity index (χ2v) is 18.0. The minimum Gasteiger partial charge on any atom is -0.352 e. The molecule has 10 heteroatoms. The molecule has 1 aliphatic carbocycles. The summed E-state index contributed by atoms with van der Waals surface area (Å²) < 4.78 is 0. The van der Waals surface area contributed by atoms with Crippen LogP contribution in [0, 0.1) is 24.7 Å². The number of hydrogen-bond acceptors (Lipinski definition) is 6. The molecule has 1 spiro atoms. The Balaban J connectivity index is 1.31. The highest BCUT2D eigenvalue weighted by Gasteiger charge is 2.43. The number of nitrogens with one attached hydrogen (secondary N) is 5. The highest BCUT2D eigenvalue weighted by molar-refractivity contribution is 5.95. The molecule has 4 aromatic carbocycles. The quantitative estimate of drug-likeness (QED) is 0.101. The summed E-state index contributed by atoms with van der Waals surface area (Å²) in [5, 5.41) is 16.1. The lowest BCUT2D eigenvalue weighted by molar-refractivity contribution is -0.135. The summed E-state index contributed by atoms with van der Waals surface area (Å²) in [5.41, 5.74) is 3.11. The smallest absolute Gasteiger partial charge is 0.243 e. The molecule has 4 aromatic rings. The van der Waals surface area contributed by atoms with Gasteiger partial charge in [0.25, 0.3) is 0 Å². The monoisotopic (exact) mass is 825 g/mol. The third kappa shape index (κ3) is 11.2. The van der Waals surface area contributed by atoms with E-state index in [1.54, 1.807) is 0 Å². The Morgan fingerprint density at radius 2 is 1.28 bits per heavy atom. The number of hydrogen-bond donors (Lipinski definition) is 5. The van der Waals surface area contributed by atoms with Gasteiger partial charge in [-0.05, 0) is 79.5 Å². The molecule has 1 saturated carbocycles. The van der Waals surface area contributed by atoms with Gasteiger partial charge in [0.2, 0.25) is 23.6 Å². The predicted octanol–water partition coefficient (Wildman–Crippen LogP) is 6.68. The maximum atomic E-state index is 14.4. The molecule has 1 saturated heterocycles. The topological polar surface area (TPSA) is 145 Å². The van der Waals surface area contributed by atoms with Crippen LogP contribution in [-0.4, -0.2) is 59.6 Å². The molecule has 322 valence electrons. The van der Waals surface area contributed by atoms with Crippen LogP contribution < -0.4 is 26.6 Å². The van der Waals surface area contributed by atoms with Crippen molar-refractivity contribution in [2.45, 2.75) is 115 Å². The van der Waals surface area contributed by atoms with Crippen LogP contribution >= 0.6 is 0 Å². The summed E-state index contributed by atoms with van der Waals surface area (Å²) >= 11 is 0. The van der Waals surface area contributed by atoms with Gasteiger partial charge >= 0.3 is 0 Å². The Hall–Kier alpha value is -5.61. The van der Waals surface area contributed by atoms with E-state index in [9.17, 15) is 24.0 Å². The fraction of sp³-hybridized carbons (Fsp3) is 0.431. The van der Waals surface area contributed by atoms with Crippen LogP contribution in [0.1, 0.15) is 100 Å². The summed E-state index contributed by atoms with van der Waals surface area (Å²) in [6.45, 7) is 9.97. The van der Waals surface area contributed by atoms with Crippen molar-refractivity contribution < 1.29 is 24.0 Å². The molecule has 1 heterocycles. The van der Waals surface area contributed by atoms with Gasteiger partial charge in [-0.25, -0.2) is 0 Å².